The van der Waals surface area contributed by atoms with Crippen LogP contribution in [0.2, 0.25) is 0 Å². The largest absolute Gasteiger partial charge is 0.312 e. The molecule has 0 fully saturated rings. The lowest BCUT2D eigenvalue weighted by Gasteiger charge is -2.18. The number of sulfonamides is 1. The zero-order valence-corrected chi connectivity index (χ0v) is 16.1. The van der Waals surface area contributed by atoms with Crippen molar-refractivity contribution in [2.75, 3.05) is 11.3 Å². The van der Waals surface area contributed by atoms with Crippen LogP contribution in [-0.4, -0.2) is 15.0 Å². The first-order valence-corrected chi connectivity index (χ1v) is 9.87. The van der Waals surface area contributed by atoms with E-state index in [2.05, 4.69) is 10.0 Å². The molecule has 0 aromatic heterocycles. The monoisotopic (exact) mass is 388 g/mol. The van der Waals surface area contributed by atoms with E-state index in [1.807, 2.05) is 55.5 Å². The minimum atomic E-state index is -3.65. The van der Waals surface area contributed by atoms with Crippen LogP contribution >= 0.6 is 12.4 Å². The standard InChI is InChI=1S/C20H20N2O2S.ClH/c1-14-6-9-20(19-5-3-2-4-18(14)19)25(23,24)22-17-8-7-15-10-11-21-13-16(15)12-17;/h2-9,12,21-22H,10-11,13H2,1H3;1H. The van der Waals surface area contributed by atoms with Crippen molar-refractivity contribution >= 4 is 38.9 Å². The number of halogens is 1. The van der Waals surface area contributed by atoms with E-state index in [1.54, 1.807) is 6.07 Å². The molecular weight excluding hydrogens is 368 g/mol. The first kappa shape index (κ1) is 18.7. The quantitative estimate of drug-likeness (QED) is 0.712. The Morgan fingerprint density at radius 1 is 0.962 bits per heavy atom. The molecule has 0 bridgehead atoms. The second-order valence-electron chi connectivity index (χ2n) is 6.44. The molecular formula is C20H21ClN2O2S. The summed E-state index contributed by atoms with van der Waals surface area (Å²) in [6.45, 7) is 3.73. The second-order valence-corrected chi connectivity index (χ2v) is 8.09. The van der Waals surface area contributed by atoms with E-state index in [4.69, 9.17) is 0 Å². The molecule has 1 aliphatic heterocycles. The number of hydrogen-bond donors (Lipinski definition) is 2. The fraction of sp³-hybridized carbons (Fsp3) is 0.200. The molecule has 0 spiro atoms. The number of benzene rings is 3. The van der Waals surface area contributed by atoms with Crippen molar-refractivity contribution in [3.05, 3.63) is 71.3 Å². The van der Waals surface area contributed by atoms with Gasteiger partial charge >= 0.3 is 0 Å². The highest BCUT2D eigenvalue weighted by molar-refractivity contribution is 7.93. The highest BCUT2D eigenvalue weighted by Gasteiger charge is 2.19. The van der Waals surface area contributed by atoms with Gasteiger partial charge in [-0.3, -0.25) is 4.72 Å². The number of rotatable bonds is 3. The maximum Gasteiger partial charge on any atom is 0.262 e. The molecule has 3 aromatic rings. The van der Waals surface area contributed by atoms with Gasteiger partial charge in [0.1, 0.15) is 0 Å². The second kappa shape index (κ2) is 7.27. The van der Waals surface area contributed by atoms with Gasteiger partial charge in [-0.2, -0.15) is 0 Å². The van der Waals surface area contributed by atoms with Gasteiger partial charge < -0.3 is 5.32 Å². The Hall–Kier alpha value is -2.08. The van der Waals surface area contributed by atoms with Crippen LogP contribution in [-0.2, 0) is 23.0 Å². The highest BCUT2D eigenvalue weighted by Crippen LogP contribution is 2.28. The summed E-state index contributed by atoms with van der Waals surface area (Å²) in [7, 11) is -3.65. The maximum absolute atomic E-state index is 13.0. The summed E-state index contributed by atoms with van der Waals surface area (Å²) in [5.74, 6) is 0. The summed E-state index contributed by atoms with van der Waals surface area (Å²) in [4.78, 5) is 0.310. The molecule has 4 nitrogen and oxygen atoms in total. The highest BCUT2D eigenvalue weighted by atomic mass is 35.5. The minimum absolute atomic E-state index is 0. The third-order valence-corrected chi connectivity index (χ3v) is 6.18. The third kappa shape index (κ3) is 3.43. The molecule has 0 aliphatic carbocycles. The van der Waals surface area contributed by atoms with Crippen LogP contribution in [0.15, 0.2) is 59.5 Å². The van der Waals surface area contributed by atoms with Gasteiger partial charge in [0.25, 0.3) is 10.0 Å². The molecule has 0 atom stereocenters. The molecule has 1 heterocycles. The number of nitrogens with one attached hydrogen (secondary N) is 2. The van der Waals surface area contributed by atoms with Gasteiger partial charge in [-0.1, -0.05) is 36.4 Å². The molecule has 2 N–H and O–H groups in total. The lowest BCUT2D eigenvalue weighted by Crippen LogP contribution is -2.23. The molecule has 136 valence electrons. The van der Waals surface area contributed by atoms with Crippen LogP contribution < -0.4 is 10.0 Å². The van der Waals surface area contributed by atoms with Gasteiger partial charge in [-0.25, -0.2) is 8.42 Å². The summed E-state index contributed by atoms with van der Waals surface area (Å²) >= 11 is 0. The molecule has 0 unspecified atom stereocenters. The van der Waals surface area contributed by atoms with Crippen LogP contribution in [0.5, 0.6) is 0 Å². The molecule has 26 heavy (non-hydrogen) atoms. The average molecular weight is 389 g/mol. The van der Waals surface area contributed by atoms with E-state index in [-0.39, 0.29) is 12.4 Å². The molecule has 0 amide bonds. The summed E-state index contributed by atoms with van der Waals surface area (Å²) in [5, 5.41) is 5.02. The van der Waals surface area contributed by atoms with Gasteiger partial charge in [0, 0.05) is 17.6 Å². The van der Waals surface area contributed by atoms with Crippen LogP contribution in [0.25, 0.3) is 10.8 Å². The molecule has 0 saturated carbocycles. The predicted molar refractivity (Wildman–Crippen MR) is 109 cm³/mol. The summed E-state index contributed by atoms with van der Waals surface area (Å²) in [6, 6.07) is 16.9. The predicted octanol–water partition coefficient (Wildman–Crippen LogP) is 4.02. The van der Waals surface area contributed by atoms with E-state index in [9.17, 15) is 8.42 Å². The number of hydrogen-bond acceptors (Lipinski definition) is 3. The maximum atomic E-state index is 13.0. The van der Waals surface area contributed by atoms with Crippen LogP contribution in [0.3, 0.4) is 0 Å². The first-order valence-electron chi connectivity index (χ1n) is 8.38. The molecule has 0 radical (unpaired) electrons. The Labute approximate surface area is 160 Å². The van der Waals surface area contributed by atoms with E-state index < -0.39 is 10.0 Å². The van der Waals surface area contributed by atoms with Crippen molar-refractivity contribution in [3.63, 3.8) is 0 Å². The minimum Gasteiger partial charge on any atom is -0.312 e. The van der Waals surface area contributed by atoms with Crippen molar-refractivity contribution in [3.8, 4) is 0 Å². The third-order valence-electron chi connectivity index (χ3n) is 4.74. The number of anilines is 1. The average Bonchev–Trinajstić information content (AvgIpc) is 2.61. The fourth-order valence-corrected chi connectivity index (χ4v) is 4.67. The normalized spacial score (nSPS) is 13.7. The van der Waals surface area contributed by atoms with Gasteiger partial charge in [0.15, 0.2) is 0 Å². The zero-order valence-electron chi connectivity index (χ0n) is 14.5. The smallest absolute Gasteiger partial charge is 0.262 e. The number of aryl methyl sites for hydroxylation is 1. The van der Waals surface area contributed by atoms with Gasteiger partial charge in [0.05, 0.1) is 4.90 Å². The summed E-state index contributed by atoms with van der Waals surface area (Å²) < 4.78 is 28.7. The van der Waals surface area contributed by atoms with E-state index in [0.29, 0.717) is 10.6 Å². The van der Waals surface area contributed by atoms with Gasteiger partial charge in [0.2, 0.25) is 0 Å². The Kier molecular flexibility index (Phi) is 5.23. The van der Waals surface area contributed by atoms with E-state index in [1.165, 1.54) is 5.56 Å². The SMILES string of the molecule is Cc1ccc(S(=O)(=O)Nc2ccc3c(c2)CNCC3)c2ccccc12.Cl. The van der Waals surface area contributed by atoms with E-state index >= 15 is 0 Å². The Morgan fingerprint density at radius 2 is 1.73 bits per heavy atom. The van der Waals surface area contributed by atoms with Crippen LogP contribution in [0, 0.1) is 6.92 Å². The molecule has 1 aliphatic rings. The Balaban J connectivity index is 0.00000196. The summed E-state index contributed by atoms with van der Waals surface area (Å²) in [6.07, 6.45) is 0.977. The van der Waals surface area contributed by atoms with Crippen molar-refractivity contribution in [1.29, 1.82) is 0 Å². The van der Waals surface area contributed by atoms with Crippen LogP contribution in [0.4, 0.5) is 5.69 Å². The van der Waals surface area contributed by atoms with Gasteiger partial charge in [-0.05, 0) is 60.2 Å². The lowest BCUT2D eigenvalue weighted by atomic mass is 10.0. The number of fused-ring (bicyclic) bond motifs is 2. The topological polar surface area (TPSA) is 58.2 Å². The summed E-state index contributed by atoms with van der Waals surface area (Å²) in [5.41, 5.74) is 4.10. The Bertz CT molecular complexity index is 1060. The van der Waals surface area contributed by atoms with E-state index in [0.717, 1.165) is 41.4 Å². The lowest BCUT2D eigenvalue weighted by molar-refractivity contribution is 0.602. The Morgan fingerprint density at radius 3 is 2.54 bits per heavy atom. The van der Waals surface area contributed by atoms with Crippen molar-refractivity contribution in [2.24, 2.45) is 0 Å². The molecule has 3 aromatic carbocycles. The molecule has 4 rings (SSSR count). The van der Waals surface area contributed by atoms with Crippen molar-refractivity contribution in [1.82, 2.24) is 5.32 Å². The molecule has 6 heteroatoms. The van der Waals surface area contributed by atoms with Crippen molar-refractivity contribution < 1.29 is 8.42 Å². The van der Waals surface area contributed by atoms with Gasteiger partial charge in [-0.15, -0.1) is 12.4 Å². The fourth-order valence-electron chi connectivity index (χ4n) is 3.41. The zero-order chi connectivity index (χ0) is 17.4. The first-order chi connectivity index (χ1) is 12.0. The molecule has 0 saturated heterocycles. The van der Waals surface area contributed by atoms with Crippen LogP contribution in [0.1, 0.15) is 16.7 Å². The van der Waals surface area contributed by atoms with Crippen molar-refractivity contribution in [2.45, 2.75) is 24.8 Å².